The lowest BCUT2D eigenvalue weighted by molar-refractivity contribution is -0.165. The van der Waals surface area contributed by atoms with Crippen molar-refractivity contribution in [2.24, 2.45) is 23.7 Å². The summed E-state index contributed by atoms with van der Waals surface area (Å²) in [4.78, 5) is 15.1. The van der Waals surface area contributed by atoms with Crippen molar-refractivity contribution >= 4 is 5.97 Å². The number of esters is 1. The molecule has 0 aromatic heterocycles. The molecule has 4 rings (SSSR count). The minimum Gasteiger partial charge on any atom is -0.466 e. The van der Waals surface area contributed by atoms with E-state index in [1.807, 2.05) is 6.92 Å². The average Bonchev–Trinajstić information content (AvgIpc) is 2.58. The number of carbonyl (C=O) groups excluding carboxylic acids is 1. The molecule has 0 N–H and O–H groups in total. The highest BCUT2D eigenvalue weighted by Crippen LogP contribution is 2.49. The lowest BCUT2D eigenvalue weighted by atomic mass is 9.60. The topological polar surface area (TPSA) is 29.5 Å². The Balaban J connectivity index is 1.84. The van der Waals surface area contributed by atoms with E-state index in [-0.39, 0.29) is 11.9 Å². The summed E-state index contributed by atoms with van der Waals surface area (Å²) in [5.41, 5.74) is 1.33. The van der Waals surface area contributed by atoms with Crippen LogP contribution in [0.5, 0.6) is 0 Å². The molecule has 3 nitrogen and oxygen atoms in total. The minimum atomic E-state index is 0.0136. The van der Waals surface area contributed by atoms with Gasteiger partial charge in [-0.25, -0.2) is 0 Å². The van der Waals surface area contributed by atoms with Crippen molar-refractivity contribution in [2.75, 3.05) is 6.61 Å². The number of hydrogen-bond donors (Lipinski definition) is 0. The van der Waals surface area contributed by atoms with Gasteiger partial charge in [0.15, 0.2) is 0 Å². The first-order chi connectivity index (χ1) is 11.5. The van der Waals surface area contributed by atoms with Gasteiger partial charge in [-0.05, 0) is 50.0 Å². The van der Waals surface area contributed by atoms with Gasteiger partial charge in [-0.3, -0.25) is 9.69 Å². The van der Waals surface area contributed by atoms with Crippen molar-refractivity contribution in [3.05, 3.63) is 35.9 Å². The first-order valence-electron chi connectivity index (χ1n) is 9.49. The Bertz CT molecular complexity index is 556. The maximum absolute atomic E-state index is 12.5. The molecule has 0 unspecified atom stereocenters. The third-order valence-corrected chi connectivity index (χ3v) is 6.28. The van der Waals surface area contributed by atoms with E-state index < -0.39 is 0 Å². The number of fused-ring (bicyclic) bond motifs is 3. The molecule has 5 atom stereocenters. The highest BCUT2D eigenvalue weighted by Gasteiger charge is 2.52. The van der Waals surface area contributed by atoms with E-state index in [1.165, 1.54) is 5.56 Å². The van der Waals surface area contributed by atoms with Crippen LogP contribution in [-0.2, 0) is 16.1 Å². The van der Waals surface area contributed by atoms with E-state index in [0.717, 1.165) is 25.3 Å². The number of nitrogens with zero attached hydrogens (tertiary/aromatic N) is 1. The van der Waals surface area contributed by atoms with E-state index in [9.17, 15) is 4.79 Å². The van der Waals surface area contributed by atoms with Crippen molar-refractivity contribution in [1.29, 1.82) is 0 Å². The van der Waals surface area contributed by atoms with E-state index in [0.29, 0.717) is 30.5 Å². The molecule has 2 heterocycles. The van der Waals surface area contributed by atoms with Crippen LogP contribution in [0.25, 0.3) is 0 Å². The zero-order valence-corrected chi connectivity index (χ0v) is 15.4. The number of hydrogen-bond acceptors (Lipinski definition) is 3. The Morgan fingerprint density at radius 1 is 1.25 bits per heavy atom. The van der Waals surface area contributed by atoms with E-state index >= 15 is 0 Å². The molecule has 3 fully saturated rings. The molecule has 1 saturated carbocycles. The van der Waals surface area contributed by atoms with Gasteiger partial charge in [0, 0.05) is 18.6 Å². The van der Waals surface area contributed by atoms with Crippen LogP contribution in [-0.4, -0.2) is 29.6 Å². The lowest BCUT2D eigenvalue weighted by Gasteiger charge is -2.57. The number of benzene rings is 1. The van der Waals surface area contributed by atoms with E-state index in [2.05, 4.69) is 56.0 Å². The Kier molecular flexibility index (Phi) is 5.29. The fourth-order valence-electron chi connectivity index (χ4n) is 5.04. The summed E-state index contributed by atoms with van der Waals surface area (Å²) < 4.78 is 5.40. The lowest BCUT2D eigenvalue weighted by Crippen LogP contribution is -2.62. The molecule has 0 radical (unpaired) electrons. The quantitative estimate of drug-likeness (QED) is 0.761. The van der Waals surface area contributed by atoms with Crippen molar-refractivity contribution < 1.29 is 9.53 Å². The van der Waals surface area contributed by atoms with Crippen LogP contribution in [0.1, 0.15) is 46.1 Å². The SMILES string of the molecule is CCOC(=O)[C@@H]1C[C@H]2[C@H](C(C)C)C[C@@H]1N(Cc1ccccc1)[C@H]2C. The van der Waals surface area contributed by atoms with Crippen LogP contribution in [0.2, 0.25) is 0 Å². The van der Waals surface area contributed by atoms with Gasteiger partial charge in [-0.15, -0.1) is 0 Å². The predicted molar refractivity (Wildman–Crippen MR) is 96.4 cm³/mol. The maximum Gasteiger partial charge on any atom is 0.310 e. The molecule has 0 spiro atoms. The normalized spacial score (nSPS) is 33.0. The largest absolute Gasteiger partial charge is 0.466 e. The summed E-state index contributed by atoms with van der Waals surface area (Å²) in [6, 6.07) is 11.5. The summed E-state index contributed by atoms with van der Waals surface area (Å²) in [5.74, 6) is 2.06. The molecule has 1 aliphatic carbocycles. The van der Waals surface area contributed by atoms with Gasteiger partial charge in [0.05, 0.1) is 12.5 Å². The maximum atomic E-state index is 12.5. The van der Waals surface area contributed by atoms with Crippen molar-refractivity contribution in [1.82, 2.24) is 4.90 Å². The summed E-state index contributed by atoms with van der Waals surface area (Å²) in [6.45, 7) is 10.3. The molecule has 2 saturated heterocycles. The van der Waals surface area contributed by atoms with Crippen LogP contribution < -0.4 is 0 Å². The Labute approximate surface area is 146 Å². The predicted octanol–water partition coefficient (Wildman–Crippen LogP) is 4.12. The molecule has 24 heavy (non-hydrogen) atoms. The first-order valence-corrected chi connectivity index (χ1v) is 9.49. The molecular formula is C21H31NO2. The second kappa shape index (κ2) is 7.26. The standard InChI is InChI=1S/C21H31NO2/c1-5-24-21(23)19-11-18-15(4)22(13-16-9-7-6-8-10-16)20(19)12-17(18)14(2)3/h6-10,14-15,17-20H,5,11-13H2,1-4H3/t15-,17-,18+,19+,20-/m0/s1. The van der Waals surface area contributed by atoms with Crippen LogP contribution in [0.4, 0.5) is 0 Å². The zero-order valence-electron chi connectivity index (χ0n) is 15.4. The summed E-state index contributed by atoms with van der Waals surface area (Å²) in [6.07, 6.45) is 2.13. The molecule has 2 bridgehead atoms. The Morgan fingerprint density at radius 3 is 2.58 bits per heavy atom. The summed E-state index contributed by atoms with van der Waals surface area (Å²) in [5, 5.41) is 0. The van der Waals surface area contributed by atoms with Crippen LogP contribution in [0.3, 0.4) is 0 Å². The monoisotopic (exact) mass is 329 g/mol. The molecule has 3 heteroatoms. The molecule has 0 amide bonds. The fraction of sp³-hybridized carbons (Fsp3) is 0.667. The summed E-state index contributed by atoms with van der Waals surface area (Å²) >= 11 is 0. The average molecular weight is 329 g/mol. The van der Waals surface area contributed by atoms with Gasteiger partial charge in [-0.2, -0.15) is 0 Å². The van der Waals surface area contributed by atoms with Crippen molar-refractivity contribution in [3.8, 4) is 0 Å². The van der Waals surface area contributed by atoms with Gasteiger partial charge in [0.2, 0.25) is 0 Å². The van der Waals surface area contributed by atoms with Crippen molar-refractivity contribution in [3.63, 3.8) is 0 Å². The Morgan fingerprint density at radius 2 is 1.96 bits per heavy atom. The van der Waals surface area contributed by atoms with Crippen LogP contribution in [0.15, 0.2) is 30.3 Å². The van der Waals surface area contributed by atoms with Crippen molar-refractivity contribution in [2.45, 2.75) is 59.2 Å². The fourth-order valence-corrected chi connectivity index (χ4v) is 5.04. The number of piperidine rings is 2. The van der Waals surface area contributed by atoms with Gasteiger partial charge in [-0.1, -0.05) is 44.2 Å². The zero-order chi connectivity index (χ0) is 17.3. The smallest absolute Gasteiger partial charge is 0.310 e. The summed E-state index contributed by atoms with van der Waals surface area (Å²) in [7, 11) is 0. The second-order valence-electron chi connectivity index (χ2n) is 7.87. The van der Waals surface area contributed by atoms with E-state index in [1.54, 1.807) is 0 Å². The number of ether oxygens (including phenoxy) is 1. The molecule has 2 aliphatic heterocycles. The highest BCUT2D eigenvalue weighted by molar-refractivity contribution is 5.73. The first kappa shape index (κ1) is 17.5. The third kappa shape index (κ3) is 3.23. The van der Waals surface area contributed by atoms with Gasteiger partial charge < -0.3 is 4.74 Å². The highest BCUT2D eigenvalue weighted by atomic mass is 16.5. The van der Waals surface area contributed by atoms with Gasteiger partial charge in [0.1, 0.15) is 0 Å². The molecular weight excluding hydrogens is 298 g/mol. The molecule has 3 aliphatic rings. The van der Waals surface area contributed by atoms with Gasteiger partial charge >= 0.3 is 5.97 Å². The molecule has 1 aromatic rings. The number of carbonyl (C=O) groups is 1. The third-order valence-electron chi connectivity index (χ3n) is 6.28. The molecule has 1 aromatic carbocycles. The van der Waals surface area contributed by atoms with E-state index in [4.69, 9.17) is 4.74 Å². The Hall–Kier alpha value is -1.35. The molecule has 132 valence electrons. The van der Waals surface area contributed by atoms with Gasteiger partial charge in [0.25, 0.3) is 0 Å². The van der Waals surface area contributed by atoms with Crippen LogP contribution >= 0.6 is 0 Å². The van der Waals surface area contributed by atoms with Crippen LogP contribution in [0, 0.1) is 23.7 Å². The second-order valence-corrected chi connectivity index (χ2v) is 7.87. The minimum absolute atomic E-state index is 0.0136. The number of rotatable bonds is 5.